The molecule has 0 amide bonds. The SMILES string of the molecule is COC(=O)c1cccc(C(C)S(=O)(=O)Nc2cc(C(F)(F)F)ccc2-n2cncn2)c1. The van der Waals surface area contributed by atoms with Gasteiger partial charge in [0.25, 0.3) is 0 Å². The molecule has 1 N–H and O–H groups in total. The number of methoxy groups -OCH3 is 1. The minimum Gasteiger partial charge on any atom is -0.465 e. The lowest BCUT2D eigenvalue weighted by Crippen LogP contribution is -2.21. The maximum atomic E-state index is 13.2. The van der Waals surface area contributed by atoms with Gasteiger partial charge in [-0.3, -0.25) is 4.72 Å². The number of rotatable bonds is 6. The van der Waals surface area contributed by atoms with Gasteiger partial charge in [0.2, 0.25) is 10.0 Å². The number of carbonyl (C=O) groups excluding carboxylic acids is 1. The van der Waals surface area contributed by atoms with Gasteiger partial charge in [0.1, 0.15) is 17.9 Å². The van der Waals surface area contributed by atoms with Crippen molar-refractivity contribution in [3.05, 3.63) is 71.8 Å². The summed E-state index contributed by atoms with van der Waals surface area (Å²) in [6, 6.07) is 8.37. The summed E-state index contributed by atoms with van der Waals surface area (Å²) < 4.78 is 73.5. The smallest absolute Gasteiger partial charge is 0.416 e. The molecule has 1 aromatic heterocycles. The number of anilines is 1. The molecule has 0 aliphatic heterocycles. The highest BCUT2D eigenvalue weighted by molar-refractivity contribution is 7.92. The lowest BCUT2D eigenvalue weighted by molar-refractivity contribution is -0.137. The zero-order chi connectivity index (χ0) is 22.8. The highest BCUT2D eigenvalue weighted by Gasteiger charge is 2.32. The molecule has 1 unspecified atom stereocenters. The van der Waals surface area contributed by atoms with E-state index in [1.54, 1.807) is 0 Å². The van der Waals surface area contributed by atoms with Crippen molar-refractivity contribution in [1.82, 2.24) is 14.8 Å². The Hall–Kier alpha value is -3.41. The summed E-state index contributed by atoms with van der Waals surface area (Å²) >= 11 is 0. The van der Waals surface area contributed by atoms with Crippen molar-refractivity contribution in [2.75, 3.05) is 11.8 Å². The van der Waals surface area contributed by atoms with Gasteiger partial charge in [-0.05, 0) is 42.8 Å². The van der Waals surface area contributed by atoms with Gasteiger partial charge in [-0.2, -0.15) is 18.3 Å². The van der Waals surface area contributed by atoms with Crippen LogP contribution in [0.5, 0.6) is 0 Å². The first-order valence-corrected chi connectivity index (χ1v) is 10.3. The van der Waals surface area contributed by atoms with E-state index in [0.29, 0.717) is 6.07 Å². The summed E-state index contributed by atoms with van der Waals surface area (Å²) in [6.07, 6.45) is -2.29. The fourth-order valence-electron chi connectivity index (χ4n) is 2.78. The van der Waals surface area contributed by atoms with Crippen molar-refractivity contribution in [1.29, 1.82) is 0 Å². The van der Waals surface area contributed by atoms with Gasteiger partial charge in [0.15, 0.2) is 0 Å². The highest BCUT2D eigenvalue weighted by atomic mass is 32.2. The number of hydrogen-bond acceptors (Lipinski definition) is 6. The normalized spacial score (nSPS) is 12.9. The number of carbonyl (C=O) groups is 1. The monoisotopic (exact) mass is 454 g/mol. The van der Waals surface area contributed by atoms with E-state index in [1.165, 1.54) is 44.6 Å². The van der Waals surface area contributed by atoms with E-state index in [4.69, 9.17) is 0 Å². The molecular weight excluding hydrogens is 437 g/mol. The quantitative estimate of drug-likeness (QED) is 0.571. The van der Waals surface area contributed by atoms with E-state index >= 15 is 0 Å². The Labute approximate surface area is 175 Å². The van der Waals surface area contributed by atoms with Gasteiger partial charge in [-0.1, -0.05) is 12.1 Å². The first kappa shape index (κ1) is 22.3. The average Bonchev–Trinajstić information content (AvgIpc) is 3.26. The van der Waals surface area contributed by atoms with Crippen molar-refractivity contribution in [3.63, 3.8) is 0 Å². The summed E-state index contributed by atoms with van der Waals surface area (Å²) in [6.45, 7) is 1.35. The molecule has 0 spiro atoms. The number of hydrogen-bond donors (Lipinski definition) is 1. The minimum atomic E-state index is -4.68. The molecule has 0 aliphatic rings. The van der Waals surface area contributed by atoms with Gasteiger partial charge >= 0.3 is 12.1 Å². The average molecular weight is 454 g/mol. The molecule has 0 saturated heterocycles. The zero-order valence-electron chi connectivity index (χ0n) is 16.3. The maximum Gasteiger partial charge on any atom is 0.416 e. The summed E-state index contributed by atoms with van der Waals surface area (Å²) in [5.41, 5.74) is -0.899. The van der Waals surface area contributed by atoms with Gasteiger partial charge in [-0.15, -0.1) is 0 Å². The summed E-state index contributed by atoms with van der Waals surface area (Å²) in [7, 11) is -3.03. The van der Waals surface area contributed by atoms with Crippen LogP contribution in [0.3, 0.4) is 0 Å². The molecule has 3 rings (SSSR count). The van der Waals surface area contributed by atoms with Crippen LogP contribution in [-0.4, -0.2) is 36.3 Å². The van der Waals surface area contributed by atoms with E-state index in [9.17, 15) is 26.4 Å². The Kier molecular flexibility index (Phi) is 6.02. The van der Waals surface area contributed by atoms with Crippen LogP contribution in [0.25, 0.3) is 5.69 Å². The number of benzene rings is 2. The summed E-state index contributed by atoms with van der Waals surface area (Å²) in [5, 5.41) is 2.65. The second-order valence-electron chi connectivity index (χ2n) is 6.48. The predicted octanol–water partition coefficient (Wildman–Crippen LogP) is 3.58. The molecule has 1 atom stereocenters. The molecule has 0 radical (unpaired) electrons. The van der Waals surface area contributed by atoms with Crippen LogP contribution in [0.2, 0.25) is 0 Å². The molecule has 164 valence electrons. The zero-order valence-corrected chi connectivity index (χ0v) is 17.1. The minimum absolute atomic E-state index is 0.0598. The molecule has 8 nitrogen and oxygen atoms in total. The second-order valence-corrected chi connectivity index (χ2v) is 8.48. The van der Waals surface area contributed by atoms with Crippen LogP contribution in [0.1, 0.15) is 33.7 Å². The maximum absolute atomic E-state index is 13.2. The number of halogens is 3. The van der Waals surface area contributed by atoms with Crippen molar-refractivity contribution in [2.24, 2.45) is 0 Å². The lowest BCUT2D eigenvalue weighted by Gasteiger charge is -2.19. The molecule has 31 heavy (non-hydrogen) atoms. The lowest BCUT2D eigenvalue weighted by atomic mass is 10.1. The van der Waals surface area contributed by atoms with Crippen LogP contribution in [-0.2, 0) is 20.9 Å². The molecule has 0 aliphatic carbocycles. The van der Waals surface area contributed by atoms with Crippen LogP contribution in [0.4, 0.5) is 18.9 Å². The topological polar surface area (TPSA) is 103 Å². The molecule has 0 fully saturated rings. The van der Waals surface area contributed by atoms with Crippen LogP contribution >= 0.6 is 0 Å². The first-order chi connectivity index (χ1) is 14.5. The van der Waals surface area contributed by atoms with E-state index in [1.807, 2.05) is 0 Å². The number of nitrogens with one attached hydrogen (secondary N) is 1. The van der Waals surface area contributed by atoms with Crippen molar-refractivity contribution in [3.8, 4) is 5.69 Å². The van der Waals surface area contributed by atoms with Crippen LogP contribution in [0.15, 0.2) is 55.1 Å². The van der Waals surface area contributed by atoms with E-state index in [2.05, 4.69) is 19.5 Å². The Bertz CT molecular complexity index is 1200. The van der Waals surface area contributed by atoms with E-state index < -0.39 is 33.0 Å². The third-order valence-electron chi connectivity index (χ3n) is 4.48. The first-order valence-electron chi connectivity index (χ1n) is 8.79. The van der Waals surface area contributed by atoms with Crippen molar-refractivity contribution >= 4 is 21.7 Å². The number of alkyl halides is 3. The molecule has 12 heteroatoms. The highest BCUT2D eigenvalue weighted by Crippen LogP contribution is 2.35. The fourth-order valence-corrected chi connectivity index (χ4v) is 3.94. The number of nitrogens with zero attached hydrogens (tertiary/aromatic N) is 3. The largest absolute Gasteiger partial charge is 0.465 e. The van der Waals surface area contributed by atoms with Gasteiger partial charge in [-0.25, -0.2) is 22.9 Å². The summed E-state index contributed by atoms with van der Waals surface area (Å²) in [4.78, 5) is 15.5. The van der Waals surface area contributed by atoms with Gasteiger partial charge in [0.05, 0.1) is 29.6 Å². The Morgan fingerprint density at radius 1 is 1.19 bits per heavy atom. The molecule has 0 bridgehead atoms. The molecule has 0 saturated carbocycles. The third kappa shape index (κ3) is 4.85. The number of sulfonamides is 1. The van der Waals surface area contributed by atoms with Crippen LogP contribution < -0.4 is 4.72 Å². The van der Waals surface area contributed by atoms with Crippen molar-refractivity contribution < 1.29 is 31.1 Å². The molecule has 3 aromatic rings. The molecular formula is C19H17F3N4O4S. The van der Waals surface area contributed by atoms with Gasteiger partial charge in [0, 0.05) is 0 Å². The number of aromatic nitrogens is 3. The van der Waals surface area contributed by atoms with Gasteiger partial charge < -0.3 is 4.74 Å². The van der Waals surface area contributed by atoms with Crippen LogP contribution in [0, 0.1) is 0 Å². The summed E-state index contributed by atoms with van der Waals surface area (Å²) in [5.74, 6) is -0.647. The third-order valence-corrected chi connectivity index (χ3v) is 6.19. The fraction of sp³-hybridized carbons (Fsp3) is 0.211. The number of esters is 1. The Balaban J connectivity index is 2.01. The number of ether oxygens (including phenoxy) is 1. The van der Waals surface area contributed by atoms with E-state index in [0.717, 1.165) is 23.1 Å². The second kappa shape index (κ2) is 8.38. The Morgan fingerprint density at radius 3 is 2.55 bits per heavy atom. The molecule has 2 aromatic carbocycles. The Morgan fingerprint density at radius 2 is 1.94 bits per heavy atom. The van der Waals surface area contributed by atoms with Crippen molar-refractivity contribution in [2.45, 2.75) is 18.3 Å². The molecule has 1 heterocycles. The van der Waals surface area contributed by atoms with E-state index in [-0.39, 0.29) is 22.5 Å². The predicted molar refractivity (Wildman–Crippen MR) is 105 cm³/mol. The standard InChI is InChI=1S/C19H17F3N4O4S/c1-12(13-4-3-5-14(8-13)18(27)30-2)31(28,29)25-16-9-15(19(20,21)22)6-7-17(16)26-11-23-10-24-26/h3-12,25H,1-2H3.